The van der Waals surface area contributed by atoms with Gasteiger partial charge in [-0.3, -0.25) is 9.78 Å². The number of nitrogens with zero attached hydrogens (tertiary/aromatic N) is 2. The predicted molar refractivity (Wildman–Crippen MR) is 90.7 cm³/mol. The molecule has 0 unspecified atom stereocenters. The van der Waals surface area contributed by atoms with E-state index < -0.39 is 0 Å². The lowest BCUT2D eigenvalue weighted by molar-refractivity contribution is -0.142. The summed E-state index contributed by atoms with van der Waals surface area (Å²) < 4.78 is 16.3. The number of benzene rings is 1. The monoisotopic (exact) mass is 338 g/mol. The average Bonchev–Trinajstić information content (AvgIpc) is 3.00. The van der Waals surface area contributed by atoms with Crippen LogP contribution in [0.15, 0.2) is 53.1 Å². The highest BCUT2D eigenvalue weighted by Crippen LogP contribution is 2.22. The Morgan fingerprint density at radius 2 is 1.92 bits per heavy atom. The van der Waals surface area contributed by atoms with E-state index in [4.69, 9.17) is 13.9 Å². The van der Waals surface area contributed by atoms with Crippen LogP contribution in [0.2, 0.25) is 0 Å². The average molecular weight is 338 g/mol. The predicted octanol–water partition coefficient (Wildman–Crippen LogP) is 3.69. The molecular weight excluding hydrogens is 320 g/mol. The van der Waals surface area contributed by atoms with Crippen molar-refractivity contribution < 1.29 is 18.7 Å². The molecule has 0 spiro atoms. The Hall–Kier alpha value is -3.15. The molecule has 0 saturated carbocycles. The van der Waals surface area contributed by atoms with E-state index >= 15 is 0 Å². The molecule has 0 radical (unpaired) electrons. The number of aryl methyl sites for hydroxylation is 1. The molecule has 0 atom stereocenters. The molecule has 1 aromatic carbocycles. The Kier molecular flexibility index (Phi) is 5.09. The quantitative estimate of drug-likeness (QED) is 0.638. The lowest BCUT2D eigenvalue weighted by Gasteiger charge is -2.05. The maximum Gasteiger partial charge on any atom is 0.303 e. The van der Waals surface area contributed by atoms with E-state index in [0.717, 1.165) is 17.0 Å². The minimum absolute atomic E-state index is 0.151. The molecule has 0 N–H and O–H groups in total. The highest BCUT2D eigenvalue weighted by molar-refractivity contribution is 5.65. The van der Waals surface area contributed by atoms with Crippen LogP contribution in [0.4, 0.5) is 0 Å². The number of ether oxygens (including phenoxy) is 2. The first-order chi connectivity index (χ1) is 12.1. The van der Waals surface area contributed by atoms with Gasteiger partial charge in [0.1, 0.15) is 30.4 Å². The molecule has 0 aliphatic rings. The highest BCUT2D eigenvalue weighted by Gasteiger charge is 2.12. The van der Waals surface area contributed by atoms with Crippen LogP contribution < -0.4 is 4.74 Å². The van der Waals surface area contributed by atoms with Gasteiger partial charge in [0.2, 0.25) is 5.89 Å². The maximum atomic E-state index is 10.8. The number of rotatable bonds is 6. The Morgan fingerprint density at radius 1 is 1.12 bits per heavy atom. The summed E-state index contributed by atoms with van der Waals surface area (Å²) in [5, 5.41) is 0. The summed E-state index contributed by atoms with van der Waals surface area (Å²) in [5.74, 6) is 1.57. The second kappa shape index (κ2) is 7.61. The summed E-state index contributed by atoms with van der Waals surface area (Å²) in [7, 11) is 0. The summed E-state index contributed by atoms with van der Waals surface area (Å²) in [6.45, 7) is 3.66. The van der Waals surface area contributed by atoms with E-state index in [1.165, 1.54) is 6.92 Å². The van der Waals surface area contributed by atoms with Crippen molar-refractivity contribution in [3.05, 3.63) is 65.8 Å². The minimum Gasteiger partial charge on any atom is -0.486 e. The Morgan fingerprint density at radius 3 is 2.60 bits per heavy atom. The zero-order valence-corrected chi connectivity index (χ0v) is 14.1. The third-order valence-corrected chi connectivity index (χ3v) is 3.51. The lowest BCUT2D eigenvalue weighted by atomic mass is 10.2. The number of hydrogen-bond acceptors (Lipinski definition) is 6. The fraction of sp³-hybridized carbons (Fsp3) is 0.211. The van der Waals surface area contributed by atoms with Crippen molar-refractivity contribution in [3.8, 4) is 17.2 Å². The number of oxazole rings is 1. The van der Waals surface area contributed by atoms with Crippen molar-refractivity contribution in [2.75, 3.05) is 0 Å². The summed E-state index contributed by atoms with van der Waals surface area (Å²) in [4.78, 5) is 19.5. The second-order valence-electron chi connectivity index (χ2n) is 5.44. The van der Waals surface area contributed by atoms with E-state index in [-0.39, 0.29) is 19.2 Å². The molecule has 2 aromatic heterocycles. The first-order valence-corrected chi connectivity index (χ1v) is 7.84. The van der Waals surface area contributed by atoms with E-state index in [2.05, 4.69) is 9.97 Å². The van der Waals surface area contributed by atoms with Crippen LogP contribution in [-0.4, -0.2) is 15.9 Å². The molecule has 6 nitrogen and oxygen atoms in total. The molecule has 25 heavy (non-hydrogen) atoms. The zero-order valence-electron chi connectivity index (χ0n) is 14.1. The maximum absolute atomic E-state index is 10.8. The van der Waals surface area contributed by atoms with Crippen molar-refractivity contribution in [1.29, 1.82) is 0 Å². The molecule has 0 aliphatic heterocycles. The number of carbonyl (C=O) groups excluding carboxylic acids is 1. The highest BCUT2D eigenvalue weighted by atomic mass is 16.5. The van der Waals surface area contributed by atoms with Crippen molar-refractivity contribution in [2.24, 2.45) is 0 Å². The summed E-state index contributed by atoms with van der Waals surface area (Å²) in [6, 6.07) is 13.2. The Labute approximate surface area is 145 Å². The molecule has 0 bridgehead atoms. The van der Waals surface area contributed by atoms with Gasteiger partial charge in [0.05, 0.1) is 11.9 Å². The van der Waals surface area contributed by atoms with E-state index in [1.807, 2.05) is 37.3 Å². The minimum atomic E-state index is -0.335. The molecular formula is C19H18N2O4. The number of esters is 1. The van der Waals surface area contributed by atoms with Crippen LogP contribution in [0.5, 0.6) is 5.75 Å². The summed E-state index contributed by atoms with van der Waals surface area (Å²) in [6.07, 6.45) is 1.59. The fourth-order valence-corrected chi connectivity index (χ4v) is 2.18. The van der Waals surface area contributed by atoms with Gasteiger partial charge in [-0.1, -0.05) is 18.2 Å². The van der Waals surface area contributed by atoms with Gasteiger partial charge in [-0.2, -0.15) is 0 Å². The number of hydrogen-bond donors (Lipinski definition) is 0. The van der Waals surface area contributed by atoms with E-state index in [0.29, 0.717) is 17.3 Å². The third-order valence-electron chi connectivity index (χ3n) is 3.51. The summed E-state index contributed by atoms with van der Waals surface area (Å²) in [5.41, 5.74) is 2.32. The molecule has 0 saturated heterocycles. The van der Waals surface area contributed by atoms with E-state index in [1.54, 1.807) is 18.3 Å². The zero-order chi connectivity index (χ0) is 17.6. The van der Waals surface area contributed by atoms with Crippen LogP contribution in [0.25, 0.3) is 11.5 Å². The lowest BCUT2D eigenvalue weighted by Crippen LogP contribution is -2.01. The molecule has 0 aliphatic carbocycles. The first-order valence-electron chi connectivity index (χ1n) is 7.84. The molecule has 128 valence electrons. The van der Waals surface area contributed by atoms with Crippen molar-refractivity contribution in [1.82, 2.24) is 9.97 Å². The number of aromatic nitrogens is 2. The van der Waals surface area contributed by atoms with Crippen LogP contribution in [0.3, 0.4) is 0 Å². The summed E-state index contributed by atoms with van der Waals surface area (Å²) >= 11 is 0. The largest absolute Gasteiger partial charge is 0.486 e. The normalized spacial score (nSPS) is 10.5. The van der Waals surface area contributed by atoms with Crippen molar-refractivity contribution >= 4 is 5.97 Å². The molecule has 3 rings (SSSR count). The SMILES string of the molecule is CC(=O)OCc1ccc(OCc2nc(-c3ccccc3)oc2C)cn1. The van der Waals surface area contributed by atoms with Gasteiger partial charge in [-0.25, -0.2) is 4.98 Å². The molecule has 2 heterocycles. The number of carbonyl (C=O) groups is 1. The van der Waals surface area contributed by atoms with Crippen molar-refractivity contribution in [3.63, 3.8) is 0 Å². The van der Waals surface area contributed by atoms with Gasteiger partial charge in [0.25, 0.3) is 0 Å². The first kappa shape index (κ1) is 16.7. The smallest absolute Gasteiger partial charge is 0.303 e. The third kappa shape index (κ3) is 4.44. The van der Waals surface area contributed by atoms with Crippen LogP contribution in [0.1, 0.15) is 24.1 Å². The fourth-order valence-electron chi connectivity index (χ4n) is 2.18. The van der Waals surface area contributed by atoms with Gasteiger partial charge in [-0.05, 0) is 31.2 Å². The van der Waals surface area contributed by atoms with Gasteiger partial charge < -0.3 is 13.9 Å². The van der Waals surface area contributed by atoms with Crippen molar-refractivity contribution in [2.45, 2.75) is 27.1 Å². The Balaban J connectivity index is 1.62. The van der Waals surface area contributed by atoms with Crippen LogP contribution in [-0.2, 0) is 22.7 Å². The molecule has 3 aromatic rings. The van der Waals surface area contributed by atoms with Gasteiger partial charge >= 0.3 is 5.97 Å². The molecule has 6 heteroatoms. The molecule has 0 fully saturated rings. The Bertz CT molecular complexity index is 842. The van der Waals surface area contributed by atoms with Crippen LogP contribution >= 0.6 is 0 Å². The second-order valence-corrected chi connectivity index (χ2v) is 5.44. The van der Waals surface area contributed by atoms with Gasteiger partial charge in [-0.15, -0.1) is 0 Å². The van der Waals surface area contributed by atoms with Crippen LogP contribution in [0, 0.1) is 6.92 Å². The van der Waals surface area contributed by atoms with Gasteiger partial charge in [0, 0.05) is 12.5 Å². The standard InChI is InChI=1S/C19H18N2O4/c1-13-18(21-19(25-13)15-6-4-3-5-7-15)12-24-17-9-8-16(20-10-17)11-23-14(2)22/h3-10H,11-12H2,1-2H3. The van der Waals surface area contributed by atoms with E-state index in [9.17, 15) is 4.79 Å². The number of pyridine rings is 1. The topological polar surface area (TPSA) is 74.5 Å². The van der Waals surface area contributed by atoms with Gasteiger partial charge in [0.15, 0.2) is 0 Å². The molecule has 0 amide bonds.